The summed E-state index contributed by atoms with van der Waals surface area (Å²) in [7, 11) is 1.55. The first-order valence-corrected chi connectivity index (χ1v) is 7.65. The van der Waals surface area contributed by atoms with Crippen molar-refractivity contribution in [3.05, 3.63) is 40.7 Å². The highest BCUT2D eigenvalue weighted by Gasteiger charge is 2.10. The van der Waals surface area contributed by atoms with Crippen LogP contribution in [0.4, 0.5) is 11.6 Å². The lowest BCUT2D eigenvalue weighted by molar-refractivity contribution is 0.0948. The average molecular weight is 335 g/mol. The topological polar surface area (TPSA) is 76.1 Å². The van der Waals surface area contributed by atoms with E-state index in [1.165, 1.54) is 0 Å². The molecule has 0 aliphatic rings. The zero-order chi connectivity index (χ0) is 16.8. The van der Waals surface area contributed by atoms with Crippen LogP contribution in [-0.2, 0) is 0 Å². The summed E-state index contributed by atoms with van der Waals surface area (Å²) in [5.74, 6) is 0.711. The lowest BCUT2D eigenvalue weighted by Crippen LogP contribution is -2.25. The molecule has 1 heterocycles. The van der Waals surface area contributed by atoms with Gasteiger partial charge >= 0.3 is 0 Å². The van der Waals surface area contributed by atoms with Crippen molar-refractivity contribution in [1.29, 1.82) is 0 Å². The molecule has 0 saturated heterocycles. The van der Waals surface area contributed by atoms with E-state index in [1.54, 1.807) is 31.4 Å². The molecule has 2 aromatic rings. The van der Waals surface area contributed by atoms with Crippen LogP contribution >= 0.6 is 11.6 Å². The van der Waals surface area contributed by atoms with Gasteiger partial charge in [-0.05, 0) is 37.6 Å². The third kappa shape index (κ3) is 4.56. The predicted molar refractivity (Wildman–Crippen MR) is 90.7 cm³/mol. The monoisotopic (exact) mass is 334 g/mol. The first-order chi connectivity index (χ1) is 11.0. The zero-order valence-electron chi connectivity index (χ0n) is 13.3. The molecular formula is C16H19ClN4O2. The quantitative estimate of drug-likeness (QED) is 0.847. The van der Waals surface area contributed by atoms with E-state index in [0.717, 1.165) is 6.42 Å². The molecule has 0 saturated carbocycles. The fraction of sp³-hybridized carbons (Fsp3) is 0.312. The van der Waals surface area contributed by atoms with Crippen LogP contribution in [0.5, 0.6) is 5.75 Å². The molecule has 0 unspecified atom stereocenters. The van der Waals surface area contributed by atoms with Crippen LogP contribution in [0.3, 0.4) is 0 Å². The Kier molecular flexibility index (Phi) is 5.76. The van der Waals surface area contributed by atoms with Gasteiger partial charge in [0.1, 0.15) is 11.4 Å². The summed E-state index contributed by atoms with van der Waals surface area (Å²) in [6.45, 7) is 4.41. The molecule has 0 aliphatic carbocycles. The average Bonchev–Trinajstić information content (AvgIpc) is 2.52. The van der Waals surface area contributed by atoms with Gasteiger partial charge in [0.2, 0.25) is 5.95 Å². The maximum Gasteiger partial charge on any atom is 0.270 e. The van der Waals surface area contributed by atoms with Gasteiger partial charge in [-0.25, -0.2) is 9.97 Å². The Labute approximate surface area is 140 Å². The molecule has 6 nitrogen and oxygen atoms in total. The van der Waals surface area contributed by atoms with Gasteiger partial charge in [0.15, 0.2) is 0 Å². The van der Waals surface area contributed by atoms with E-state index in [1.807, 2.05) is 13.8 Å². The molecular weight excluding hydrogens is 316 g/mol. The number of aryl methyl sites for hydroxylation is 1. The molecule has 2 N–H and O–H groups in total. The van der Waals surface area contributed by atoms with E-state index < -0.39 is 0 Å². The number of amides is 1. The van der Waals surface area contributed by atoms with Crippen molar-refractivity contribution in [1.82, 2.24) is 15.3 Å². The third-order valence-corrected chi connectivity index (χ3v) is 3.33. The largest absolute Gasteiger partial charge is 0.495 e. The van der Waals surface area contributed by atoms with Gasteiger partial charge in [-0.1, -0.05) is 18.5 Å². The van der Waals surface area contributed by atoms with E-state index >= 15 is 0 Å². The molecule has 0 fully saturated rings. The molecule has 0 spiro atoms. The van der Waals surface area contributed by atoms with Gasteiger partial charge in [-0.15, -0.1) is 0 Å². The minimum absolute atomic E-state index is 0.215. The summed E-state index contributed by atoms with van der Waals surface area (Å²) in [5.41, 5.74) is 1.73. The Balaban J connectivity index is 2.21. The summed E-state index contributed by atoms with van der Waals surface area (Å²) in [4.78, 5) is 20.6. The van der Waals surface area contributed by atoms with Crippen LogP contribution in [0.1, 0.15) is 29.5 Å². The molecule has 0 aliphatic heterocycles. The van der Waals surface area contributed by atoms with Crippen molar-refractivity contribution < 1.29 is 9.53 Å². The molecule has 23 heavy (non-hydrogen) atoms. The van der Waals surface area contributed by atoms with E-state index in [9.17, 15) is 4.79 Å². The first kappa shape index (κ1) is 17.0. The summed E-state index contributed by atoms with van der Waals surface area (Å²) in [6.07, 6.45) is 0.866. The Morgan fingerprint density at radius 1 is 1.30 bits per heavy atom. The lowest BCUT2D eigenvalue weighted by atomic mass is 10.3. The molecule has 1 aromatic carbocycles. The number of hydrogen-bond acceptors (Lipinski definition) is 5. The van der Waals surface area contributed by atoms with Crippen molar-refractivity contribution in [3.63, 3.8) is 0 Å². The van der Waals surface area contributed by atoms with Crippen LogP contribution in [0.15, 0.2) is 24.3 Å². The van der Waals surface area contributed by atoms with Crippen molar-refractivity contribution in [2.45, 2.75) is 20.3 Å². The number of rotatable bonds is 6. The number of nitrogens with one attached hydrogen (secondary N) is 2. The highest BCUT2D eigenvalue weighted by molar-refractivity contribution is 6.32. The van der Waals surface area contributed by atoms with Crippen molar-refractivity contribution >= 4 is 29.1 Å². The Hall–Kier alpha value is -2.34. The number of carbonyl (C=O) groups excluding carboxylic acids is 1. The molecule has 122 valence electrons. The van der Waals surface area contributed by atoms with Crippen molar-refractivity contribution in [2.24, 2.45) is 0 Å². The van der Waals surface area contributed by atoms with Gasteiger partial charge in [0.25, 0.3) is 5.91 Å². The molecule has 0 radical (unpaired) electrons. The number of aromatic nitrogens is 2. The molecule has 0 atom stereocenters. The number of hydrogen-bond donors (Lipinski definition) is 2. The molecule has 7 heteroatoms. The van der Waals surface area contributed by atoms with E-state index in [4.69, 9.17) is 16.3 Å². The second-order valence-corrected chi connectivity index (χ2v) is 5.36. The molecule has 0 bridgehead atoms. The van der Waals surface area contributed by atoms with Crippen LogP contribution < -0.4 is 15.4 Å². The number of carbonyl (C=O) groups is 1. The number of halogens is 1. The summed E-state index contributed by atoms with van der Waals surface area (Å²) in [6, 6.07) is 6.91. The van der Waals surface area contributed by atoms with Gasteiger partial charge in [-0.2, -0.15) is 0 Å². The minimum atomic E-state index is -0.215. The predicted octanol–water partition coefficient (Wildman–Crippen LogP) is 3.33. The number of ether oxygens (including phenoxy) is 1. The number of methoxy groups -OCH3 is 1. The number of nitrogens with zero attached hydrogens (tertiary/aromatic N) is 2. The first-order valence-electron chi connectivity index (χ1n) is 7.28. The van der Waals surface area contributed by atoms with Gasteiger partial charge < -0.3 is 15.4 Å². The second kappa shape index (κ2) is 7.78. The van der Waals surface area contributed by atoms with E-state index in [2.05, 4.69) is 20.6 Å². The van der Waals surface area contributed by atoms with E-state index in [0.29, 0.717) is 40.3 Å². The van der Waals surface area contributed by atoms with E-state index in [-0.39, 0.29) is 5.91 Å². The smallest absolute Gasteiger partial charge is 0.270 e. The molecule has 2 rings (SSSR count). The van der Waals surface area contributed by atoms with Crippen LogP contribution in [0, 0.1) is 6.92 Å². The minimum Gasteiger partial charge on any atom is -0.495 e. The summed E-state index contributed by atoms with van der Waals surface area (Å²) >= 11 is 6.10. The lowest BCUT2D eigenvalue weighted by Gasteiger charge is -2.10. The second-order valence-electron chi connectivity index (χ2n) is 4.95. The fourth-order valence-corrected chi connectivity index (χ4v) is 2.20. The van der Waals surface area contributed by atoms with Gasteiger partial charge in [0, 0.05) is 17.9 Å². The van der Waals surface area contributed by atoms with Crippen molar-refractivity contribution in [3.8, 4) is 5.75 Å². The fourth-order valence-electron chi connectivity index (χ4n) is 1.94. The van der Waals surface area contributed by atoms with Crippen molar-refractivity contribution in [2.75, 3.05) is 19.0 Å². The highest BCUT2D eigenvalue weighted by Crippen LogP contribution is 2.28. The number of benzene rings is 1. The van der Waals surface area contributed by atoms with Crippen LogP contribution in [0.25, 0.3) is 0 Å². The molecule has 1 aromatic heterocycles. The third-order valence-electron chi connectivity index (χ3n) is 3.03. The van der Waals surface area contributed by atoms with Gasteiger partial charge in [-0.3, -0.25) is 4.79 Å². The standard InChI is InChI=1S/C16H19ClN4O2/c1-4-7-18-15(22)13-8-10(2)19-16(21-13)20-11-5-6-14(23-3)12(17)9-11/h5-6,8-9H,4,7H2,1-3H3,(H,18,22)(H,19,20,21). The van der Waals surface area contributed by atoms with Crippen LogP contribution in [-0.4, -0.2) is 29.5 Å². The maximum absolute atomic E-state index is 12.0. The Morgan fingerprint density at radius 3 is 2.74 bits per heavy atom. The van der Waals surface area contributed by atoms with Crippen LogP contribution in [0.2, 0.25) is 5.02 Å². The summed E-state index contributed by atoms with van der Waals surface area (Å²) in [5, 5.41) is 6.32. The normalized spacial score (nSPS) is 10.3. The summed E-state index contributed by atoms with van der Waals surface area (Å²) < 4.78 is 5.11. The Bertz CT molecular complexity index is 706. The molecule has 1 amide bonds. The Morgan fingerprint density at radius 2 is 2.09 bits per heavy atom. The SMILES string of the molecule is CCCNC(=O)c1cc(C)nc(Nc2ccc(OC)c(Cl)c2)n1. The van der Waals surface area contributed by atoms with Gasteiger partial charge in [0.05, 0.1) is 12.1 Å². The maximum atomic E-state index is 12.0. The highest BCUT2D eigenvalue weighted by atomic mass is 35.5. The number of anilines is 2. The zero-order valence-corrected chi connectivity index (χ0v) is 14.1.